The van der Waals surface area contributed by atoms with E-state index in [1.165, 1.54) is 6.07 Å². The number of thiophene rings is 1. The van der Waals surface area contributed by atoms with Crippen molar-refractivity contribution < 1.29 is 17.9 Å². The van der Waals surface area contributed by atoms with Gasteiger partial charge in [-0.3, -0.25) is 4.79 Å². The van der Waals surface area contributed by atoms with Crippen molar-refractivity contribution in [1.82, 2.24) is 5.32 Å². The van der Waals surface area contributed by atoms with Gasteiger partial charge >= 0.3 is 0 Å². The van der Waals surface area contributed by atoms with E-state index in [0.717, 1.165) is 29.1 Å². The molecule has 8 heteroatoms. The number of nitrogens with one attached hydrogen (secondary N) is 1. The van der Waals surface area contributed by atoms with Crippen LogP contribution in [0.5, 0.6) is 0 Å². The molecule has 2 rings (SSSR count). The highest BCUT2D eigenvalue weighted by Crippen LogP contribution is 2.26. The molecule has 0 aromatic carbocycles. The molecule has 112 valence electrons. The number of hydrogen-bond acceptors (Lipinski definition) is 5. The summed E-state index contributed by atoms with van der Waals surface area (Å²) in [4.78, 5) is 12.8. The lowest BCUT2D eigenvalue weighted by molar-refractivity contribution is -0.126. The van der Waals surface area contributed by atoms with Gasteiger partial charge in [0.2, 0.25) is 5.91 Å². The lowest BCUT2D eigenvalue weighted by Crippen LogP contribution is -2.34. The van der Waals surface area contributed by atoms with Crippen LogP contribution in [0.15, 0.2) is 16.3 Å². The second-order valence-electron chi connectivity index (χ2n) is 4.59. The minimum atomic E-state index is -3.69. The number of rotatable bonds is 5. The van der Waals surface area contributed by atoms with Gasteiger partial charge in [0.15, 0.2) is 0 Å². The van der Waals surface area contributed by atoms with Crippen LogP contribution in [0.25, 0.3) is 0 Å². The van der Waals surface area contributed by atoms with Crippen LogP contribution in [0.1, 0.15) is 24.6 Å². The van der Waals surface area contributed by atoms with Crippen LogP contribution >= 0.6 is 22.0 Å². The average molecular weight is 338 g/mol. The third-order valence-corrected chi connectivity index (χ3v) is 6.44. The molecular formula is C12H16ClNO4S2. The fourth-order valence-electron chi connectivity index (χ4n) is 2.24. The normalized spacial score (nSPS) is 22.9. The number of ether oxygens (including phenoxy) is 1. The fraction of sp³-hybridized carbons (Fsp3) is 0.583. The quantitative estimate of drug-likeness (QED) is 0.835. The summed E-state index contributed by atoms with van der Waals surface area (Å²) in [6.07, 6.45) is 1.53. The average Bonchev–Trinajstić information content (AvgIpc) is 3.03. The zero-order valence-corrected chi connectivity index (χ0v) is 13.4. The summed E-state index contributed by atoms with van der Waals surface area (Å²) in [5.41, 5.74) is 0. The predicted molar refractivity (Wildman–Crippen MR) is 77.3 cm³/mol. The molecule has 1 N–H and O–H groups in total. The number of amides is 1. The minimum absolute atomic E-state index is 0.0166. The first kappa shape index (κ1) is 15.8. The van der Waals surface area contributed by atoms with Gasteiger partial charge in [0.05, 0.1) is 18.6 Å². The van der Waals surface area contributed by atoms with Crippen molar-refractivity contribution in [2.24, 2.45) is 5.92 Å². The first-order valence-electron chi connectivity index (χ1n) is 6.34. The van der Waals surface area contributed by atoms with Gasteiger partial charge in [-0.2, -0.15) is 0 Å². The van der Waals surface area contributed by atoms with Gasteiger partial charge in [-0.05, 0) is 25.0 Å². The highest BCUT2D eigenvalue weighted by Gasteiger charge is 2.32. The molecule has 1 amide bonds. The van der Waals surface area contributed by atoms with Crippen LogP contribution in [0.2, 0.25) is 0 Å². The molecule has 0 radical (unpaired) electrons. The van der Waals surface area contributed by atoms with Crippen LogP contribution in [0, 0.1) is 5.92 Å². The van der Waals surface area contributed by atoms with Crippen LogP contribution in [0.3, 0.4) is 0 Å². The summed E-state index contributed by atoms with van der Waals surface area (Å²) in [6, 6.07) is 3.10. The van der Waals surface area contributed by atoms with Crippen LogP contribution in [-0.2, 0) is 25.1 Å². The number of halogens is 1. The van der Waals surface area contributed by atoms with Gasteiger partial charge in [-0.25, -0.2) is 8.42 Å². The minimum Gasteiger partial charge on any atom is -0.377 e. The monoisotopic (exact) mass is 337 g/mol. The topological polar surface area (TPSA) is 72.5 Å². The molecule has 2 heterocycles. The Labute approximate surface area is 126 Å². The summed E-state index contributed by atoms with van der Waals surface area (Å²) in [7, 11) is 1.56. The lowest BCUT2D eigenvalue weighted by atomic mass is 9.99. The molecule has 0 aliphatic carbocycles. The number of hydrogen-bond donors (Lipinski definition) is 1. The maximum Gasteiger partial charge on any atom is 0.270 e. The van der Waals surface area contributed by atoms with E-state index in [1.807, 2.05) is 6.92 Å². The van der Waals surface area contributed by atoms with E-state index in [2.05, 4.69) is 5.32 Å². The molecule has 0 saturated carbocycles. The summed E-state index contributed by atoms with van der Waals surface area (Å²) in [5.74, 6) is -0.158. The maximum atomic E-state index is 12.1. The van der Waals surface area contributed by atoms with Crippen molar-refractivity contribution in [2.75, 3.05) is 6.61 Å². The van der Waals surface area contributed by atoms with E-state index in [9.17, 15) is 13.2 Å². The Balaban J connectivity index is 1.92. The SMILES string of the molecule is CCC1OCCC1C(=O)NCc1ccc(S(=O)(=O)Cl)s1. The Bertz CT molecular complexity index is 584. The Hall–Kier alpha value is -0.630. The second-order valence-corrected chi connectivity index (χ2v) is 8.55. The third-order valence-electron chi connectivity index (χ3n) is 3.26. The molecule has 2 unspecified atom stereocenters. The van der Waals surface area contributed by atoms with Gasteiger partial charge in [0.1, 0.15) is 4.21 Å². The molecule has 1 aromatic rings. The molecule has 1 aliphatic heterocycles. The summed E-state index contributed by atoms with van der Waals surface area (Å²) < 4.78 is 27.9. The summed E-state index contributed by atoms with van der Waals surface area (Å²) in [6.45, 7) is 2.92. The molecule has 1 saturated heterocycles. The first-order valence-corrected chi connectivity index (χ1v) is 9.47. The third kappa shape index (κ3) is 3.72. The molecule has 2 atom stereocenters. The van der Waals surface area contributed by atoms with Crippen LogP contribution < -0.4 is 5.32 Å². The summed E-state index contributed by atoms with van der Waals surface area (Å²) in [5, 5.41) is 2.82. The van der Waals surface area contributed by atoms with Gasteiger partial charge in [-0.15, -0.1) is 11.3 Å². The first-order chi connectivity index (χ1) is 9.41. The molecule has 0 spiro atoms. The van der Waals surface area contributed by atoms with Crippen molar-refractivity contribution in [1.29, 1.82) is 0 Å². The Morgan fingerprint density at radius 3 is 2.90 bits per heavy atom. The second kappa shape index (κ2) is 6.43. The van der Waals surface area contributed by atoms with E-state index < -0.39 is 9.05 Å². The molecular weight excluding hydrogens is 322 g/mol. The highest BCUT2D eigenvalue weighted by atomic mass is 35.7. The van der Waals surface area contributed by atoms with Gasteiger partial charge in [-0.1, -0.05) is 6.92 Å². The van der Waals surface area contributed by atoms with E-state index in [1.54, 1.807) is 6.07 Å². The zero-order valence-electron chi connectivity index (χ0n) is 11.0. The summed E-state index contributed by atoms with van der Waals surface area (Å²) >= 11 is 1.07. The molecule has 1 aliphatic rings. The zero-order chi connectivity index (χ0) is 14.8. The Morgan fingerprint density at radius 1 is 1.55 bits per heavy atom. The van der Waals surface area contributed by atoms with E-state index in [0.29, 0.717) is 13.2 Å². The van der Waals surface area contributed by atoms with E-state index >= 15 is 0 Å². The predicted octanol–water partition coefficient (Wildman–Crippen LogP) is 2.11. The maximum absolute atomic E-state index is 12.1. The molecule has 1 fully saturated rings. The molecule has 20 heavy (non-hydrogen) atoms. The number of carbonyl (C=O) groups excluding carboxylic acids is 1. The molecule has 0 bridgehead atoms. The highest BCUT2D eigenvalue weighted by molar-refractivity contribution is 8.15. The smallest absolute Gasteiger partial charge is 0.270 e. The van der Waals surface area contributed by atoms with Gasteiger partial charge in [0, 0.05) is 22.2 Å². The lowest BCUT2D eigenvalue weighted by Gasteiger charge is -2.16. The van der Waals surface area contributed by atoms with Gasteiger partial charge in [0.25, 0.3) is 9.05 Å². The van der Waals surface area contributed by atoms with Crippen molar-refractivity contribution in [2.45, 2.75) is 36.6 Å². The van der Waals surface area contributed by atoms with Gasteiger partial charge < -0.3 is 10.1 Å². The van der Waals surface area contributed by atoms with Crippen molar-refractivity contribution in [3.05, 3.63) is 17.0 Å². The van der Waals surface area contributed by atoms with Crippen molar-refractivity contribution in [3.63, 3.8) is 0 Å². The Morgan fingerprint density at radius 2 is 2.30 bits per heavy atom. The van der Waals surface area contributed by atoms with E-state index in [-0.39, 0.29) is 22.1 Å². The molecule has 5 nitrogen and oxygen atoms in total. The Kier molecular flexibility index (Phi) is 5.06. The van der Waals surface area contributed by atoms with Crippen molar-refractivity contribution in [3.8, 4) is 0 Å². The number of carbonyl (C=O) groups is 1. The van der Waals surface area contributed by atoms with E-state index in [4.69, 9.17) is 15.4 Å². The van der Waals surface area contributed by atoms with Crippen LogP contribution in [-0.4, -0.2) is 27.0 Å². The standard InChI is InChI=1S/C12H16ClNO4S2/c1-2-10-9(5-6-18-10)12(15)14-7-8-3-4-11(19-8)20(13,16)17/h3-4,9-10H,2,5-7H2,1H3,(H,14,15). The largest absolute Gasteiger partial charge is 0.377 e. The van der Waals surface area contributed by atoms with Crippen molar-refractivity contribution >= 4 is 37.0 Å². The van der Waals surface area contributed by atoms with Crippen LogP contribution in [0.4, 0.5) is 0 Å². The fourth-order valence-corrected chi connectivity index (χ4v) is 4.30. The molecule has 1 aromatic heterocycles.